The Bertz CT molecular complexity index is 403. The van der Waals surface area contributed by atoms with Crippen molar-refractivity contribution >= 4 is 17.9 Å². The molecule has 0 saturated carbocycles. The summed E-state index contributed by atoms with van der Waals surface area (Å²) in [4.78, 5) is 38.2. The number of carbonyl (C=O) groups excluding carboxylic acids is 3. The molecule has 0 unspecified atom stereocenters. The molecule has 1 heterocycles. The van der Waals surface area contributed by atoms with E-state index in [1.54, 1.807) is 11.8 Å². The van der Waals surface area contributed by atoms with Gasteiger partial charge in [-0.05, 0) is 19.8 Å². The number of amides is 3. The van der Waals surface area contributed by atoms with Crippen molar-refractivity contribution in [1.82, 2.24) is 15.1 Å². The molecule has 3 N–H and O–H groups in total. The molecule has 1 aliphatic rings. The van der Waals surface area contributed by atoms with Crippen LogP contribution in [0.4, 0.5) is 4.79 Å². The molecular formula is C14H25N3O6. The third kappa shape index (κ3) is 6.03. The summed E-state index contributed by atoms with van der Waals surface area (Å²) >= 11 is 0. The Morgan fingerprint density at radius 1 is 1.17 bits per heavy atom. The molecule has 132 valence electrons. The van der Waals surface area contributed by atoms with Gasteiger partial charge in [0.15, 0.2) is 0 Å². The lowest BCUT2D eigenvalue weighted by Crippen LogP contribution is -2.51. The number of aliphatic hydroxyl groups excluding tert-OH is 2. The van der Waals surface area contributed by atoms with Crippen LogP contribution in [-0.2, 0) is 14.3 Å². The highest BCUT2D eigenvalue weighted by atomic mass is 16.6. The highest BCUT2D eigenvalue weighted by Crippen LogP contribution is 2.11. The number of rotatable bonds is 6. The van der Waals surface area contributed by atoms with Crippen LogP contribution in [0.2, 0.25) is 0 Å². The quantitative estimate of drug-likeness (QED) is 0.512. The van der Waals surface area contributed by atoms with Gasteiger partial charge < -0.3 is 30.1 Å². The number of nitrogens with one attached hydrogen (secondary N) is 1. The SMILES string of the molecule is CCOC(=O)N1CCC(NC(=O)C(=O)N(CCO)CCO)CC1. The molecule has 0 aromatic carbocycles. The third-order valence-electron chi connectivity index (χ3n) is 3.58. The monoisotopic (exact) mass is 331 g/mol. The molecule has 0 radical (unpaired) electrons. The summed E-state index contributed by atoms with van der Waals surface area (Å²) in [5, 5.41) is 20.4. The first-order valence-electron chi connectivity index (χ1n) is 7.76. The zero-order valence-electron chi connectivity index (χ0n) is 13.4. The van der Waals surface area contributed by atoms with Crippen molar-refractivity contribution in [3.63, 3.8) is 0 Å². The molecule has 0 atom stereocenters. The highest BCUT2D eigenvalue weighted by Gasteiger charge is 2.28. The van der Waals surface area contributed by atoms with Crippen molar-refractivity contribution < 1.29 is 29.3 Å². The lowest BCUT2D eigenvalue weighted by atomic mass is 10.1. The number of likely N-dealkylation sites (tertiary alicyclic amines) is 1. The molecule has 9 nitrogen and oxygen atoms in total. The van der Waals surface area contributed by atoms with Crippen molar-refractivity contribution in [1.29, 1.82) is 0 Å². The van der Waals surface area contributed by atoms with Gasteiger partial charge in [-0.15, -0.1) is 0 Å². The number of nitrogens with zero attached hydrogens (tertiary/aromatic N) is 2. The van der Waals surface area contributed by atoms with Gasteiger partial charge >= 0.3 is 17.9 Å². The molecule has 9 heteroatoms. The van der Waals surface area contributed by atoms with Crippen LogP contribution in [0.25, 0.3) is 0 Å². The normalized spacial score (nSPS) is 15.2. The number of aliphatic hydroxyl groups is 2. The smallest absolute Gasteiger partial charge is 0.409 e. The van der Waals surface area contributed by atoms with Gasteiger partial charge in [-0.1, -0.05) is 0 Å². The molecule has 0 aromatic heterocycles. The number of piperidine rings is 1. The first kappa shape index (κ1) is 19.2. The van der Waals surface area contributed by atoms with Gasteiger partial charge in [-0.3, -0.25) is 9.59 Å². The topological polar surface area (TPSA) is 119 Å². The van der Waals surface area contributed by atoms with Crippen LogP contribution in [0.3, 0.4) is 0 Å². The fourth-order valence-corrected chi connectivity index (χ4v) is 2.37. The number of hydrogen-bond acceptors (Lipinski definition) is 6. The van der Waals surface area contributed by atoms with Gasteiger partial charge in [-0.25, -0.2) is 4.79 Å². The number of carbonyl (C=O) groups is 3. The molecule has 0 bridgehead atoms. The van der Waals surface area contributed by atoms with E-state index in [-0.39, 0.29) is 38.4 Å². The van der Waals surface area contributed by atoms with E-state index in [0.29, 0.717) is 32.5 Å². The average molecular weight is 331 g/mol. The minimum Gasteiger partial charge on any atom is -0.450 e. The summed E-state index contributed by atoms with van der Waals surface area (Å²) in [5.41, 5.74) is 0. The second-order valence-electron chi connectivity index (χ2n) is 5.17. The minimum atomic E-state index is -0.777. The first-order valence-corrected chi connectivity index (χ1v) is 7.76. The predicted octanol–water partition coefficient (Wildman–Crippen LogP) is -1.46. The second-order valence-corrected chi connectivity index (χ2v) is 5.17. The largest absolute Gasteiger partial charge is 0.450 e. The van der Waals surface area contributed by atoms with Crippen molar-refractivity contribution in [3.8, 4) is 0 Å². The van der Waals surface area contributed by atoms with Gasteiger partial charge in [0.25, 0.3) is 0 Å². The molecule has 23 heavy (non-hydrogen) atoms. The fraction of sp³-hybridized carbons (Fsp3) is 0.786. The first-order chi connectivity index (χ1) is 11.0. The zero-order valence-corrected chi connectivity index (χ0v) is 13.4. The number of ether oxygens (including phenoxy) is 1. The molecule has 3 amide bonds. The Balaban J connectivity index is 2.43. The maximum absolute atomic E-state index is 12.0. The fourth-order valence-electron chi connectivity index (χ4n) is 2.37. The van der Waals surface area contributed by atoms with Crippen LogP contribution in [0, 0.1) is 0 Å². The number of hydrogen-bond donors (Lipinski definition) is 3. The van der Waals surface area contributed by atoms with E-state index in [0.717, 1.165) is 4.90 Å². The molecule has 1 rings (SSSR count). The van der Waals surface area contributed by atoms with Crippen LogP contribution < -0.4 is 5.32 Å². The van der Waals surface area contributed by atoms with E-state index in [4.69, 9.17) is 14.9 Å². The Morgan fingerprint density at radius 2 is 1.74 bits per heavy atom. The van der Waals surface area contributed by atoms with Crippen LogP contribution in [0.15, 0.2) is 0 Å². The van der Waals surface area contributed by atoms with E-state index in [1.807, 2.05) is 0 Å². The van der Waals surface area contributed by atoms with Crippen molar-refractivity contribution in [2.75, 3.05) is 46.0 Å². The van der Waals surface area contributed by atoms with Gasteiger partial charge in [0, 0.05) is 32.2 Å². The molecular weight excluding hydrogens is 306 g/mol. The molecule has 0 spiro atoms. The Kier molecular flexibility index (Phi) is 8.35. The summed E-state index contributed by atoms with van der Waals surface area (Å²) in [7, 11) is 0. The average Bonchev–Trinajstić information content (AvgIpc) is 2.54. The van der Waals surface area contributed by atoms with E-state index in [9.17, 15) is 14.4 Å². The van der Waals surface area contributed by atoms with Gasteiger partial charge in [0.1, 0.15) is 0 Å². The summed E-state index contributed by atoms with van der Waals surface area (Å²) in [6, 6.07) is -0.192. The van der Waals surface area contributed by atoms with E-state index < -0.39 is 11.8 Å². The molecule has 1 saturated heterocycles. The van der Waals surface area contributed by atoms with E-state index >= 15 is 0 Å². The molecule has 1 aliphatic heterocycles. The summed E-state index contributed by atoms with van der Waals surface area (Å²) in [5.74, 6) is -1.54. The Labute approximate surface area is 135 Å². The van der Waals surface area contributed by atoms with Crippen LogP contribution in [0.1, 0.15) is 19.8 Å². The van der Waals surface area contributed by atoms with E-state index in [1.165, 1.54) is 0 Å². The van der Waals surface area contributed by atoms with Crippen LogP contribution in [-0.4, -0.2) is 90.0 Å². The van der Waals surface area contributed by atoms with Crippen LogP contribution >= 0.6 is 0 Å². The zero-order chi connectivity index (χ0) is 17.2. The van der Waals surface area contributed by atoms with Crippen molar-refractivity contribution in [2.45, 2.75) is 25.8 Å². The third-order valence-corrected chi connectivity index (χ3v) is 3.58. The molecule has 0 aromatic rings. The van der Waals surface area contributed by atoms with Crippen LogP contribution in [0.5, 0.6) is 0 Å². The van der Waals surface area contributed by atoms with E-state index in [2.05, 4.69) is 5.32 Å². The summed E-state index contributed by atoms with van der Waals surface area (Å²) in [6.07, 6.45) is 0.709. The molecule has 1 fully saturated rings. The summed E-state index contributed by atoms with van der Waals surface area (Å²) in [6.45, 7) is 2.39. The van der Waals surface area contributed by atoms with Gasteiger partial charge in [-0.2, -0.15) is 0 Å². The predicted molar refractivity (Wildman–Crippen MR) is 80.5 cm³/mol. The Morgan fingerprint density at radius 3 is 2.22 bits per heavy atom. The maximum atomic E-state index is 12.0. The standard InChI is InChI=1S/C14H25N3O6/c1-2-23-14(22)17-5-3-11(4-6-17)15-12(20)13(21)16(7-9-18)8-10-19/h11,18-19H,2-10H2,1H3,(H,15,20). The highest BCUT2D eigenvalue weighted by molar-refractivity contribution is 6.35. The minimum absolute atomic E-state index is 0.00584. The van der Waals surface area contributed by atoms with Crippen molar-refractivity contribution in [3.05, 3.63) is 0 Å². The lowest BCUT2D eigenvalue weighted by molar-refractivity contribution is -0.147. The maximum Gasteiger partial charge on any atom is 0.409 e. The Hall–Kier alpha value is -1.87. The molecule has 0 aliphatic carbocycles. The van der Waals surface area contributed by atoms with Crippen molar-refractivity contribution in [2.24, 2.45) is 0 Å². The van der Waals surface area contributed by atoms with Gasteiger partial charge in [0.05, 0.1) is 19.8 Å². The lowest BCUT2D eigenvalue weighted by Gasteiger charge is -2.31. The van der Waals surface area contributed by atoms with Gasteiger partial charge in [0.2, 0.25) is 0 Å². The second kappa shape index (κ2) is 10.0. The summed E-state index contributed by atoms with van der Waals surface area (Å²) < 4.78 is 4.91.